The number of carbonyl (C=O) groups is 1. The lowest BCUT2D eigenvalue weighted by atomic mass is 10.1. The lowest BCUT2D eigenvalue weighted by Crippen LogP contribution is -2.23. The van der Waals surface area contributed by atoms with Crippen molar-refractivity contribution in [2.45, 2.75) is 13.0 Å². The monoisotopic (exact) mass is 308 g/mol. The van der Waals surface area contributed by atoms with Crippen molar-refractivity contribution in [2.75, 3.05) is 19.4 Å². The summed E-state index contributed by atoms with van der Waals surface area (Å²) in [6, 6.07) is 9.57. The molecular weight excluding hydrogens is 292 g/mol. The van der Waals surface area contributed by atoms with Crippen LogP contribution in [0.15, 0.2) is 35.7 Å². The zero-order valence-corrected chi connectivity index (χ0v) is 13.3. The number of anilines is 1. The van der Waals surface area contributed by atoms with E-state index in [-0.39, 0.29) is 11.9 Å². The number of nitrogens with zero attached hydrogens (tertiary/aromatic N) is 1. The molecule has 0 bridgehead atoms. The van der Waals surface area contributed by atoms with Gasteiger partial charge in [-0.05, 0) is 36.1 Å². The van der Waals surface area contributed by atoms with Gasteiger partial charge >= 0.3 is 0 Å². The van der Waals surface area contributed by atoms with Gasteiger partial charge in [-0.1, -0.05) is 23.7 Å². The maximum Gasteiger partial charge on any atom is 0.255 e. The van der Waals surface area contributed by atoms with E-state index in [0.717, 1.165) is 15.6 Å². The van der Waals surface area contributed by atoms with Gasteiger partial charge in [0.05, 0.1) is 9.90 Å². The molecule has 1 heterocycles. The molecule has 0 fully saturated rings. The Morgan fingerprint density at radius 2 is 2.05 bits per heavy atom. The number of rotatable bonds is 4. The van der Waals surface area contributed by atoms with Crippen molar-refractivity contribution in [3.8, 4) is 0 Å². The zero-order chi connectivity index (χ0) is 14.7. The van der Waals surface area contributed by atoms with Crippen molar-refractivity contribution < 1.29 is 4.79 Å². The Labute approximate surface area is 128 Å². The number of carbonyl (C=O) groups excluding carboxylic acids is 1. The molecule has 0 saturated carbocycles. The molecule has 0 spiro atoms. The number of benzene rings is 1. The molecule has 0 radical (unpaired) electrons. The minimum atomic E-state index is -0.0105. The Hall–Kier alpha value is -1.52. The van der Waals surface area contributed by atoms with E-state index >= 15 is 0 Å². The molecule has 20 heavy (non-hydrogen) atoms. The van der Waals surface area contributed by atoms with Gasteiger partial charge in [-0.2, -0.15) is 0 Å². The number of nitrogens with one attached hydrogen (secondary N) is 1. The first-order chi connectivity index (χ1) is 9.49. The fourth-order valence-corrected chi connectivity index (χ4v) is 2.89. The first-order valence-corrected chi connectivity index (χ1v) is 7.56. The van der Waals surface area contributed by atoms with Gasteiger partial charge in [-0.25, -0.2) is 0 Å². The van der Waals surface area contributed by atoms with Gasteiger partial charge in [0.2, 0.25) is 0 Å². The van der Waals surface area contributed by atoms with Gasteiger partial charge in [0, 0.05) is 25.8 Å². The number of halogens is 1. The van der Waals surface area contributed by atoms with Crippen LogP contribution in [0.4, 0.5) is 5.69 Å². The van der Waals surface area contributed by atoms with Crippen LogP contribution in [0.25, 0.3) is 0 Å². The Kier molecular flexibility index (Phi) is 4.68. The molecule has 0 aliphatic rings. The third-order valence-corrected chi connectivity index (χ3v) is 4.13. The second-order valence-corrected chi connectivity index (χ2v) is 6.34. The van der Waals surface area contributed by atoms with E-state index in [9.17, 15) is 4.79 Å². The van der Waals surface area contributed by atoms with Crippen LogP contribution in [-0.4, -0.2) is 24.9 Å². The normalized spacial score (nSPS) is 12.0. The van der Waals surface area contributed by atoms with Gasteiger partial charge in [0.15, 0.2) is 0 Å². The van der Waals surface area contributed by atoms with E-state index in [0.29, 0.717) is 5.56 Å². The molecule has 1 aromatic heterocycles. The van der Waals surface area contributed by atoms with Crippen molar-refractivity contribution in [1.82, 2.24) is 4.90 Å². The summed E-state index contributed by atoms with van der Waals surface area (Å²) in [5, 5.41) is 5.40. The number of thiophene rings is 1. The molecule has 2 rings (SSSR count). The number of para-hydroxylation sites is 1. The van der Waals surface area contributed by atoms with E-state index in [1.54, 1.807) is 19.0 Å². The molecule has 0 aliphatic heterocycles. The van der Waals surface area contributed by atoms with Crippen LogP contribution in [0.3, 0.4) is 0 Å². The van der Waals surface area contributed by atoms with Gasteiger partial charge in [0.1, 0.15) is 0 Å². The largest absolute Gasteiger partial charge is 0.378 e. The summed E-state index contributed by atoms with van der Waals surface area (Å²) in [7, 11) is 3.50. The molecule has 0 saturated heterocycles. The predicted molar refractivity (Wildman–Crippen MR) is 85.8 cm³/mol. The molecule has 3 nitrogen and oxygen atoms in total. The second kappa shape index (κ2) is 6.29. The van der Waals surface area contributed by atoms with Gasteiger partial charge in [0.25, 0.3) is 5.91 Å². The lowest BCUT2D eigenvalue weighted by Gasteiger charge is -2.19. The van der Waals surface area contributed by atoms with E-state index < -0.39 is 0 Å². The molecule has 1 N–H and O–H groups in total. The van der Waals surface area contributed by atoms with Gasteiger partial charge in [-0.15, -0.1) is 11.3 Å². The van der Waals surface area contributed by atoms with Crippen molar-refractivity contribution >= 4 is 34.5 Å². The first kappa shape index (κ1) is 14.9. The van der Waals surface area contributed by atoms with Gasteiger partial charge in [-0.3, -0.25) is 4.79 Å². The Balaban J connectivity index is 2.23. The summed E-state index contributed by atoms with van der Waals surface area (Å²) >= 11 is 7.47. The van der Waals surface area contributed by atoms with E-state index in [4.69, 9.17) is 11.6 Å². The topological polar surface area (TPSA) is 32.3 Å². The third kappa shape index (κ3) is 3.32. The lowest BCUT2D eigenvalue weighted by molar-refractivity contribution is 0.0828. The van der Waals surface area contributed by atoms with E-state index in [2.05, 4.69) is 12.2 Å². The summed E-state index contributed by atoms with van der Waals surface area (Å²) in [6.45, 7) is 2.05. The first-order valence-electron chi connectivity index (χ1n) is 6.30. The van der Waals surface area contributed by atoms with Crippen LogP contribution in [-0.2, 0) is 0 Å². The summed E-state index contributed by atoms with van der Waals surface area (Å²) < 4.78 is 0.770. The highest BCUT2D eigenvalue weighted by molar-refractivity contribution is 7.14. The average molecular weight is 309 g/mol. The number of hydrogen-bond donors (Lipinski definition) is 1. The SMILES string of the molecule is CC(Nc1ccccc1C(=O)N(C)C)c1csc(Cl)c1. The van der Waals surface area contributed by atoms with Crippen LogP contribution in [0.5, 0.6) is 0 Å². The highest BCUT2D eigenvalue weighted by Gasteiger charge is 2.15. The van der Waals surface area contributed by atoms with Crippen LogP contribution in [0.1, 0.15) is 28.9 Å². The maximum absolute atomic E-state index is 12.2. The smallest absolute Gasteiger partial charge is 0.255 e. The van der Waals surface area contributed by atoms with Crippen LogP contribution >= 0.6 is 22.9 Å². The molecule has 5 heteroatoms. The van der Waals surface area contributed by atoms with E-state index in [1.807, 2.05) is 35.7 Å². The minimum absolute atomic E-state index is 0.0105. The van der Waals surface area contributed by atoms with Gasteiger partial charge < -0.3 is 10.2 Å². The molecule has 2 aromatic rings. The number of hydrogen-bond acceptors (Lipinski definition) is 3. The van der Waals surface area contributed by atoms with Crippen LogP contribution in [0.2, 0.25) is 4.34 Å². The highest BCUT2D eigenvalue weighted by Crippen LogP contribution is 2.28. The molecule has 1 aromatic carbocycles. The van der Waals surface area contributed by atoms with Crippen molar-refractivity contribution in [3.63, 3.8) is 0 Å². The molecule has 1 atom stereocenters. The van der Waals surface area contributed by atoms with Crippen molar-refractivity contribution in [1.29, 1.82) is 0 Å². The molecular formula is C15H17ClN2OS. The van der Waals surface area contributed by atoms with Crippen LogP contribution in [0, 0.1) is 0 Å². The van der Waals surface area contributed by atoms with Crippen LogP contribution < -0.4 is 5.32 Å². The fraction of sp³-hybridized carbons (Fsp3) is 0.267. The van der Waals surface area contributed by atoms with Crippen molar-refractivity contribution in [2.24, 2.45) is 0 Å². The zero-order valence-electron chi connectivity index (χ0n) is 11.7. The van der Waals surface area contributed by atoms with Crippen molar-refractivity contribution in [3.05, 3.63) is 51.2 Å². The van der Waals surface area contributed by atoms with E-state index in [1.165, 1.54) is 11.3 Å². The summed E-state index contributed by atoms with van der Waals surface area (Å²) in [5.74, 6) is -0.0105. The summed E-state index contributed by atoms with van der Waals surface area (Å²) in [6.07, 6.45) is 0. The molecule has 1 amide bonds. The summed E-state index contributed by atoms with van der Waals surface area (Å²) in [5.41, 5.74) is 2.62. The maximum atomic E-state index is 12.2. The quantitative estimate of drug-likeness (QED) is 0.914. The average Bonchev–Trinajstić information content (AvgIpc) is 2.85. The standard InChI is InChI=1S/C15H17ClN2OS/c1-10(11-8-14(16)20-9-11)17-13-7-5-4-6-12(13)15(19)18(2)3/h4-10,17H,1-3H3. The Morgan fingerprint density at radius 1 is 1.35 bits per heavy atom. The Morgan fingerprint density at radius 3 is 2.65 bits per heavy atom. The Bertz CT molecular complexity index is 609. The molecule has 106 valence electrons. The predicted octanol–water partition coefficient (Wildman–Crippen LogP) is 4.28. The second-order valence-electron chi connectivity index (χ2n) is 4.80. The summed E-state index contributed by atoms with van der Waals surface area (Å²) in [4.78, 5) is 13.7. The molecule has 1 unspecified atom stereocenters. The molecule has 0 aliphatic carbocycles. The number of amides is 1. The fourth-order valence-electron chi connectivity index (χ4n) is 1.90. The third-order valence-electron chi connectivity index (χ3n) is 3.02. The minimum Gasteiger partial charge on any atom is -0.378 e. The highest BCUT2D eigenvalue weighted by atomic mass is 35.5.